The number of carbonyl (C=O) groups excluding carboxylic acids is 2. The van der Waals surface area contributed by atoms with E-state index in [9.17, 15) is 9.59 Å². The molecule has 0 aliphatic heterocycles. The number of nitrogens with one attached hydrogen (secondary N) is 1. The van der Waals surface area contributed by atoms with Crippen molar-refractivity contribution in [1.82, 2.24) is 10.3 Å². The third-order valence-electron chi connectivity index (χ3n) is 5.64. The first kappa shape index (κ1) is 22.6. The summed E-state index contributed by atoms with van der Waals surface area (Å²) < 4.78 is 11.1. The third-order valence-corrected chi connectivity index (χ3v) is 5.93. The predicted octanol–water partition coefficient (Wildman–Crippen LogP) is 3.71. The molecule has 0 spiro atoms. The number of fused-ring (bicyclic) bond motifs is 1. The second-order valence-electron chi connectivity index (χ2n) is 7.90. The molecule has 0 fully saturated rings. The number of methoxy groups -OCH3 is 1. The topological polar surface area (TPSA) is 104 Å². The van der Waals surface area contributed by atoms with Gasteiger partial charge in [0.15, 0.2) is 0 Å². The molecule has 1 unspecified atom stereocenters. The molecule has 8 heteroatoms. The van der Waals surface area contributed by atoms with Gasteiger partial charge in [0.2, 0.25) is 0 Å². The minimum Gasteiger partial charge on any atom is -0.495 e. The maximum atomic E-state index is 12.7. The van der Waals surface area contributed by atoms with Gasteiger partial charge in [-0.3, -0.25) is 14.6 Å². The van der Waals surface area contributed by atoms with Crippen LogP contribution in [0.4, 0.5) is 0 Å². The van der Waals surface area contributed by atoms with Crippen LogP contribution in [0.15, 0.2) is 54.7 Å². The van der Waals surface area contributed by atoms with Gasteiger partial charge in [0, 0.05) is 17.8 Å². The molecule has 33 heavy (non-hydrogen) atoms. The minimum absolute atomic E-state index is 0.0134. The van der Waals surface area contributed by atoms with Gasteiger partial charge in [0.05, 0.1) is 12.1 Å². The number of hydrogen-bond donors (Lipinski definition) is 2. The Morgan fingerprint density at radius 3 is 2.76 bits per heavy atom. The van der Waals surface area contributed by atoms with E-state index in [2.05, 4.69) is 16.4 Å². The lowest BCUT2D eigenvalue weighted by molar-refractivity contribution is 0.0932. The van der Waals surface area contributed by atoms with Crippen molar-refractivity contribution >= 4 is 23.4 Å². The molecule has 1 aromatic heterocycles. The van der Waals surface area contributed by atoms with Gasteiger partial charge in [-0.05, 0) is 78.4 Å². The average Bonchev–Trinajstić information content (AvgIpc) is 2.82. The highest BCUT2D eigenvalue weighted by Crippen LogP contribution is 2.28. The zero-order valence-corrected chi connectivity index (χ0v) is 18.9. The normalized spacial score (nSPS) is 14.8. The standard InChI is InChI=1S/C25H24ClN3O4/c1-32-23-7-4-17(13-21(23)26)25(31)29-19-5-2-16-3-6-20(12-18(16)11-19)33-14-15-8-9-28-22(10-15)24(27)30/h3-4,6-10,12-13,19H,2,5,11,14H2,1H3,(H2,27,30)(H,29,31). The number of carbonyl (C=O) groups is 2. The molecular formula is C25H24ClN3O4. The van der Waals surface area contributed by atoms with Gasteiger partial charge in [-0.15, -0.1) is 0 Å². The number of nitrogens with two attached hydrogens (primary N) is 1. The number of aromatic nitrogens is 1. The Morgan fingerprint density at radius 1 is 1.15 bits per heavy atom. The monoisotopic (exact) mass is 465 g/mol. The summed E-state index contributed by atoms with van der Waals surface area (Å²) >= 11 is 6.15. The van der Waals surface area contributed by atoms with Crippen molar-refractivity contribution < 1.29 is 19.1 Å². The highest BCUT2D eigenvalue weighted by molar-refractivity contribution is 6.32. The SMILES string of the molecule is COc1ccc(C(=O)NC2CCc3ccc(OCc4ccnc(C(N)=O)c4)cc3C2)cc1Cl. The van der Waals surface area contributed by atoms with Gasteiger partial charge in [0.25, 0.3) is 11.8 Å². The summed E-state index contributed by atoms with van der Waals surface area (Å²) in [5.74, 6) is 0.518. The summed E-state index contributed by atoms with van der Waals surface area (Å²) in [6, 6.07) is 14.4. The summed E-state index contributed by atoms with van der Waals surface area (Å²) in [5.41, 5.74) is 9.19. The molecule has 3 aromatic rings. The fraction of sp³-hybridized carbons (Fsp3) is 0.240. The Morgan fingerprint density at radius 2 is 2.00 bits per heavy atom. The van der Waals surface area contributed by atoms with Crippen LogP contribution in [0.2, 0.25) is 5.02 Å². The number of primary amides is 1. The van der Waals surface area contributed by atoms with E-state index >= 15 is 0 Å². The van der Waals surface area contributed by atoms with E-state index in [-0.39, 0.29) is 17.6 Å². The smallest absolute Gasteiger partial charge is 0.267 e. The van der Waals surface area contributed by atoms with Crippen LogP contribution in [0.5, 0.6) is 11.5 Å². The maximum absolute atomic E-state index is 12.7. The molecule has 0 saturated carbocycles. The second-order valence-corrected chi connectivity index (χ2v) is 8.30. The van der Waals surface area contributed by atoms with Gasteiger partial charge in [-0.2, -0.15) is 0 Å². The fourth-order valence-electron chi connectivity index (χ4n) is 3.89. The van der Waals surface area contributed by atoms with Crippen molar-refractivity contribution in [2.24, 2.45) is 5.73 Å². The van der Waals surface area contributed by atoms with Crippen LogP contribution in [-0.2, 0) is 19.4 Å². The molecular weight excluding hydrogens is 442 g/mol. The number of halogens is 1. The van der Waals surface area contributed by atoms with Crippen LogP contribution in [0, 0.1) is 0 Å². The highest BCUT2D eigenvalue weighted by atomic mass is 35.5. The Hall–Kier alpha value is -3.58. The number of amides is 2. The molecule has 0 radical (unpaired) electrons. The van der Waals surface area contributed by atoms with Gasteiger partial charge in [-0.1, -0.05) is 17.7 Å². The second kappa shape index (κ2) is 9.92. The molecule has 4 rings (SSSR count). The third kappa shape index (κ3) is 5.43. The summed E-state index contributed by atoms with van der Waals surface area (Å²) in [6.07, 6.45) is 3.98. The Bertz CT molecular complexity index is 1200. The lowest BCUT2D eigenvalue weighted by Gasteiger charge is -2.26. The van der Waals surface area contributed by atoms with Gasteiger partial charge < -0.3 is 20.5 Å². The van der Waals surface area contributed by atoms with E-state index in [1.54, 1.807) is 30.3 Å². The first-order chi connectivity index (χ1) is 15.9. The van der Waals surface area contributed by atoms with Crippen molar-refractivity contribution in [1.29, 1.82) is 0 Å². The quantitative estimate of drug-likeness (QED) is 0.553. The number of nitrogens with zero attached hydrogens (tertiary/aromatic N) is 1. The molecule has 1 heterocycles. The van der Waals surface area contributed by atoms with Crippen molar-refractivity contribution in [2.45, 2.75) is 31.9 Å². The van der Waals surface area contributed by atoms with Gasteiger partial charge in [0.1, 0.15) is 23.8 Å². The first-order valence-corrected chi connectivity index (χ1v) is 10.9. The van der Waals surface area contributed by atoms with E-state index in [1.807, 2.05) is 12.1 Å². The minimum atomic E-state index is -0.573. The number of hydrogen-bond acceptors (Lipinski definition) is 5. The first-order valence-electron chi connectivity index (χ1n) is 10.6. The molecule has 170 valence electrons. The fourth-order valence-corrected chi connectivity index (χ4v) is 4.15. The lowest BCUT2D eigenvalue weighted by Crippen LogP contribution is -2.38. The molecule has 1 atom stereocenters. The molecule has 2 amide bonds. The summed E-state index contributed by atoms with van der Waals surface area (Å²) in [7, 11) is 1.54. The van der Waals surface area contributed by atoms with Crippen LogP contribution in [0.1, 0.15) is 44.0 Å². The molecule has 2 aromatic carbocycles. The van der Waals surface area contributed by atoms with Gasteiger partial charge in [-0.25, -0.2) is 0 Å². The van der Waals surface area contributed by atoms with E-state index < -0.39 is 5.91 Å². The van der Waals surface area contributed by atoms with Crippen molar-refractivity contribution in [3.05, 3.63) is 87.7 Å². The highest BCUT2D eigenvalue weighted by Gasteiger charge is 2.22. The van der Waals surface area contributed by atoms with E-state index in [1.165, 1.54) is 18.9 Å². The molecule has 1 aliphatic rings. The number of rotatable bonds is 7. The molecule has 1 aliphatic carbocycles. The largest absolute Gasteiger partial charge is 0.495 e. The van der Waals surface area contributed by atoms with Crippen LogP contribution >= 0.6 is 11.6 Å². The van der Waals surface area contributed by atoms with Crippen molar-refractivity contribution in [3.63, 3.8) is 0 Å². The van der Waals surface area contributed by atoms with Crippen molar-refractivity contribution in [3.8, 4) is 11.5 Å². The molecule has 3 N–H and O–H groups in total. The van der Waals surface area contributed by atoms with Crippen molar-refractivity contribution in [2.75, 3.05) is 7.11 Å². The Balaban J connectivity index is 1.39. The summed E-state index contributed by atoms with van der Waals surface area (Å²) in [5, 5.41) is 3.51. The van der Waals surface area contributed by atoms with Crippen LogP contribution in [0.25, 0.3) is 0 Å². The molecule has 0 saturated heterocycles. The molecule has 7 nitrogen and oxygen atoms in total. The Labute approximate surface area is 196 Å². The van der Waals surface area contributed by atoms with E-state index in [4.69, 9.17) is 26.8 Å². The van der Waals surface area contributed by atoms with Crippen LogP contribution < -0.4 is 20.5 Å². The zero-order valence-electron chi connectivity index (χ0n) is 18.1. The molecule has 0 bridgehead atoms. The summed E-state index contributed by atoms with van der Waals surface area (Å²) in [4.78, 5) is 28.0. The number of pyridine rings is 1. The van der Waals surface area contributed by atoms with Crippen LogP contribution in [0.3, 0.4) is 0 Å². The van der Waals surface area contributed by atoms with Gasteiger partial charge >= 0.3 is 0 Å². The number of aryl methyl sites for hydroxylation is 1. The van der Waals surface area contributed by atoms with E-state index in [0.717, 1.165) is 29.7 Å². The summed E-state index contributed by atoms with van der Waals surface area (Å²) in [6.45, 7) is 0.292. The van der Waals surface area contributed by atoms with Crippen LogP contribution in [-0.4, -0.2) is 29.9 Å². The zero-order chi connectivity index (χ0) is 23.4. The van der Waals surface area contributed by atoms with E-state index in [0.29, 0.717) is 29.4 Å². The number of ether oxygens (including phenoxy) is 2. The number of benzene rings is 2. The maximum Gasteiger partial charge on any atom is 0.267 e. The average molecular weight is 466 g/mol. The Kier molecular flexibility index (Phi) is 6.79. The predicted molar refractivity (Wildman–Crippen MR) is 125 cm³/mol. The lowest BCUT2D eigenvalue weighted by atomic mass is 9.88.